The summed E-state index contributed by atoms with van der Waals surface area (Å²) in [6, 6.07) is 8.31. The lowest BCUT2D eigenvalue weighted by molar-refractivity contribution is -0.119. The van der Waals surface area contributed by atoms with E-state index < -0.39 is 0 Å². The summed E-state index contributed by atoms with van der Waals surface area (Å²) in [5, 5.41) is 2.82. The van der Waals surface area contributed by atoms with Crippen molar-refractivity contribution in [2.45, 2.75) is 32.7 Å². The quantitative estimate of drug-likeness (QED) is 0.804. The van der Waals surface area contributed by atoms with E-state index in [9.17, 15) is 4.79 Å². The molecule has 0 unspecified atom stereocenters. The number of carbonyl (C=O) groups excluding carboxylic acids is 1. The Morgan fingerprint density at radius 1 is 1.19 bits per heavy atom. The average molecular weight is 240 g/mol. The Balaban J connectivity index is 2.70. The average Bonchev–Trinajstić information content (AvgIpc) is 2.28. The maximum absolute atomic E-state index is 11.1. The second-order valence-corrected chi connectivity index (χ2v) is 4.51. The van der Waals surface area contributed by atoms with Gasteiger partial charge in [-0.1, -0.05) is 38.1 Å². The molecular weight excluding hydrogens is 222 g/mol. The molecule has 1 atom stereocenters. The van der Waals surface area contributed by atoms with E-state index in [-0.39, 0.29) is 17.8 Å². The molecule has 0 spiro atoms. The highest BCUT2D eigenvalue weighted by Crippen LogP contribution is 2.18. The molecule has 1 amide bonds. The maximum atomic E-state index is 11.1. The van der Waals surface area contributed by atoms with Crippen molar-refractivity contribution in [1.82, 2.24) is 5.32 Å². The summed E-state index contributed by atoms with van der Waals surface area (Å²) in [6.45, 7) is 6.27. The molecule has 1 rings (SSSR count). The lowest BCUT2D eigenvalue weighted by atomic mass is 10.00. The molecule has 0 saturated heterocycles. The van der Waals surface area contributed by atoms with Gasteiger partial charge in [-0.15, -0.1) is 11.6 Å². The highest BCUT2D eigenvalue weighted by molar-refractivity contribution is 6.27. The molecule has 3 heteroatoms. The predicted molar refractivity (Wildman–Crippen MR) is 67.8 cm³/mol. The maximum Gasteiger partial charge on any atom is 0.235 e. The van der Waals surface area contributed by atoms with Crippen LogP contribution in [0.3, 0.4) is 0 Å². The van der Waals surface area contributed by atoms with Crippen molar-refractivity contribution in [3.05, 3.63) is 35.4 Å². The van der Waals surface area contributed by atoms with E-state index in [2.05, 4.69) is 43.4 Å². The molecule has 0 heterocycles. The Morgan fingerprint density at radius 3 is 2.12 bits per heavy atom. The third-order valence-electron chi connectivity index (χ3n) is 2.60. The van der Waals surface area contributed by atoms with Gasteiger partial charge >= 0.3 is 0 Å². The summed E-state index contributed by atoms with van der Waals surface area (Å²) in [6.07, 6.45) is 0. The Morgan fingerprint density at radius 2 is 1.69 bits per heavy atom. The monoisotopic (exact) mass is 239 g/mol. The summed E-state index contributed by atoms with van der Waals surface area (Å²) in [7, 11) is 0. The van der Waals surface area contributed by atoms with Gasteiger partial charge < -0.3 is 5.32 Å². The molecule has 0 aliphatic heterocycles. The third kappa shape index (κ3) is 3.53. The second-order valence-electron chi connectivity index (χ2n) is 4.24. The fourth-order valence-electron chi connectivity index (χ4n) is 1.53. The Bertz CT molecular complexity index is 345. The van der Waals surface area contributed by atoms with Gasteiger partial charge in [0.15, 0.2) is 0 Å². The number of nitrogens with one attached hydrogen (secondary N) is 1. The van der Waals surface area contributed by atoms with Gasteiger partial charge in [0.2, 0.25) is 5.91 Å². The first-order chi connectivity index (χ1) is 7.54. The minimum absolute atomic E-state index is 0.00691. The van der Waals surface area contributed by atoms with Gasteiger partial charge in [-0.3, -0.25) is 4.79 Å². The van der Waals surface area contributed by atoms with Crippen LogP contribution in [0.4, 0.5) is 0 Å². The lowest BCUT2D eigenvalue weighted by Crippen LogP contribution is -2.27. The van der Waals surface area contributed by atoms with Crippen LogP contribution in [0.2, 0.25) is 0 Å². The van der Waals surface area contributed by atoms with Gasteiger partial charge in [0.1, 0.15) is 5.88 Å². The van der Waals surface area contributed by atoms with Crippen LogP contribution < -0.4 is 5.32 Å². The smallest absolute Gasteiger partial charge is 0.235 e. The molecule has 88 valence electrons. The van der Waals surface area contributed by atoms with Crippen LogP contribution in [-0.2, 0) is 4.79 Å². The zero-order valence-corrected chi connectivity index (χ0v) is 10.7. The van der Waals surface area contributed by atoms with E-state index >= 15 is 0 Å². The Hall–Kier alpha value is -1.02. The van der Waals surface area contributed by atoms with E-state index in [0.29, 0.717) is 5.92 Å². The molecule has 1 aromatic carbocycles. The number of hydrogen-bond donors (Lipinski definition) is 1. The SMILES string of the molecule is CC(C)c1ccc([C@@H](C)NC(=O)CCl)cc1. The zero-order chi connectivity index (χ0) is 12.1. The van der Waals surface area contributed by atoms with Crippen LogP contribution in [0, 0.1) is 0 Å². The van der Waals surface area contributed by atoms with Gasteiger partial charge in [-0.05, 0) is 24.0 Å². The first-order valence-corrected chi connectivity index (χ1v) is 6.03. The van der Waals surface area contributed by atoms with Gasteiger partial charge in [-0.25, -0.2) is 0 Å². The number of benzene rings is 1. The van der Waals surface area contributed by atoms with Gasteiger partial charge in [0, 0.05) is 0 Å². The van der Waals surface area contributed by atoms with Crippen molar-refractivity contribution in [2.24, 2.45) is 0 Å². The standard InChI is InChI=1S/C13H18ClNO/c1-9(2)11-4-6-12(7-5-11)10(3)15-13(16)8-14/h4-7,9-10H,8H2,1-3H3,(H,15,16)/t10-/m1/s1. The molecule has 0 aliphatic rings. The van der Waals surface area contributed by atoms with Crippen molar-refractivity contribution < 1.29 is 4.79 Å². The normalized spacial score (nSPS) is 12.6. The summed E-state index contributed by atoms with van der Waals surface area (Å²) in [4.78, 5) is 11.1. The van der Waals surface area contributed by atoms with Crippen LogP contribution in [0.15, 0.2) is 24.3 Å². The molecular formula is C13H18ClNO. The minimum atomic E-state index is -0.137. The van der Waals surface area contributed by atoms with E-state index in [1.54, 1.807) is 0 Å². The van der Waals surface area contributed by atoms with Gasteiger partial charge in [0.25, 0.3) is 0 Å². The number of hydrogen-bond acceptors (Lipinski definition) is 1. The molecule has 0 bridgehead atoms. The van der Waals surface area contributed by atoms with E-state index in [4.69, 9.17) is 11.6 Å². The van der Waals surface area contributed by atoms with E-state index in [1.807, 2.05) is 6.92 Å². The number of halogens is 1. The zero-order valence-electron chi connectivity index (χ0n) is 9.96. The molecule has 0 aromatic heterocycles. The Kier molecular flexibility index (Phi) is 4.81. The van der Waals surface area contributed by atoms with Crippen molar-refractivity contribution in [3.63, 3.8) is 0 Å². The summed E-state index contributed by atoms with van der Waals surface area (Å²) in [5.74, 6) is 0.401. The number of carbonyl (C=O) groups is 1. The Labute approximate surface area is 102 Å². The summed E-state index contributed by atoms with van der Waals surface area (Å²) >= 11 is 5.44. The molecule has 2 nitrogen and oxygen atoms in total. The number of alkyl halides is 1. The van der Waals surface area contributed by atoms with Gasteiger partial charge in [0.05, 0.1) is 6.04 Å². The molecule has 1 aromatic rings. The summed E-state index contributed by atoms with van der Waals surface area (Å²) < 4.78 is 0. The van der Waals surface area contributed by atoms with Gasteiger partial charge in [-0.2, -0.15) is 0 Å². The third-order valence-corrected chi connectivity index (χ3v) is 2.84. The van der Waals surface area contributed by atoms with Crippen molar-refractivity contribution in [3.8, 4) is 0 Å². The molecule has 0 aliphatic carbocycles. The van der Waals surface area contributed by atoms with Crippen LogP contribution in [0.5, 0.6) is 0 Å². The van der Waals surface area contributed by atoms with Crippen molar-refractivity contribution in [2.75, 3.05) is 5.88 Å². The molecule has 16 heavy (non-hydrogen) atoms. The minimum Gasteiger partial charge on any atom is -0.349 e. The van der Waals surface area contributed by atoms with Crippen LogP contribution in [0.1, 0.15) is 43.9 Å². The fraction of sp³-hybridized carbons (Fsp3) is 0.462. The number of rotatable bonds is 4. The first-order valence-electron chi connectivity index (χ1n) is 5.49. The topological polar surface area (TPSA) is 29.1 Å². The second kappa shape index (κ2) is 5.90. The fourth-order valence-corrected chi connectivity index (χ4v) is 1.61. The highest BCUT2D eigenvalue weighted by atomic mass is 35.5. The summed E-state index contributed by atoms with van der Waals surface area (Å²) in [5.41, 5.74) is 2.41. The van der Waals surface area contributed by atoms with E-state index in [0.717, 1.165) is 5.56 Å². The van der Waals surface area contributed by atoms with Crippen molar-refractivity contribution in [1.29, 1.82) is 0 Å². The van der Waals surface area contributed by atoms with E-state index in [1.165, 1.54) is 5.56 Å². The first kappa shape index (κ1) is 13.0. The largest absolute Gasteiger partial charge is 0.349 e. The number of amides is 1. The van der Waals surface area contributed by atoms with Crippen LogP contribution >= 0.6 is 11.6 Å². The van der Waals surface area contributed by atoms with Crippen LogP contribution in [0.25, 0.3) is 0 Å². The predicted octanol–water partition coefficient (Wildman–Crippen LogP) is 3.23. The molecule has 1 N–H and O–H groups in total. The van der Waals surface area contributed by atoms with Crippen molar-refractivity contribution >= 4 is 17.5 Å². The van der Waals surface area contributed by atoms with Crippen LogP contribution in [-0.4, -0.2) is 11.8 Å². The molecule has 0 fully saturated rings. The molecule has 0 saturated carbocycles. The highest BCUT2D eigenvalue weighted by Gasteiger charge is 2.08. The molecule has 0 radical (unpaired) electrons. The lowest BCUT2D eigenvalue weighted by Gasteiger charge is -2.14.